The number of aromatic nitrogens is 3. The minimum atomic E-state index is -0.666. The summed E-state index contributed by atoms with van der Waals surface area (Å²) >= 11 is 0. The summed E-state index contributed by atoms with van der Waals surface area (Å²) < 4.78 is 12.0. The van der Waals surface area contributed by atoms with Crippen molar-refractivity contribution in [3.8, 4) is 44.6 Å². The number of aryl methyl sites for hydroxylation is 3. The van der Waals surface area contributed by atoms with Gasteiger partial charge in [0.1, 0.15) is 16.6 Å². The van der Waals surface area contributed by atoms with Crippen LogP contribution in [0, 0.1) is 20.8 Å². The van der Waals surface area contributed by atoms with Gasteiger partial charge in [-0.2, -0.15) is 9.13 Å². The molecule has 0 radical (unpaired) electrons. The lowest BCUT2D eigenvalue weighted by Crippen LogP contribution is -2.47. The Morgan fingerprint density at radius 3 is 1.99 bits per heavy atom. The van der Waals surface area contributed by atoms with Crippen molar-refractivity contribution in [3.05, 3.63) is 269 Å². The summed E-state index contributed by atoms with van der Waals surface area (Å²) in [6.07, 6.45) is 5.34. The molecule has 4 aromatic heterocycles. The highest BCUT2D eigenvalue weighted by molar-refractivity contribution is 6.10. The van der Waals surface area contributed by atoms with E-state index in [4.69, 9.17) is 9.40 Å². The summed E-state index contributed by atoms with van der Waals surface area (Å²) in [5.74, 6) is 0. The molecule has 346 valence electrons. The number of allylic oxidation sites excluding steroid dienone is 1. The van der Waals surface area contributed by atoms with Gasteiger partial charge in [0.15, 0.2) is 12.4 Å². The van der Waals surface area contributed by atoms with Gasteiger partial charge in [0.25, 0.3) is 11.4 Å². The van der Waals surface area contributed by atoms with Crippen molar-refractivity contribution in [2.75, 3.05) is 0 Å². The molecule has 0 saturated carbocycles. The molecule has 4 bridgehead atoms. The summed E-state index contributed by atoms with van der Waals surface area (Å²) in [4.78, 5) is 5.81. The van der Waals surface area contributed by atoms with Crippen molar-refractivity contribution in [1.82, 2.24) is 4.98 Å². The van der Waals surface area contributed by atoms with Gasteiger partial charge in [-0.1, -0.05) is 166 Å². The van der Waals surface area contributed by atoms with Crippen molar-refractivity contribution < 1.29 is 13.6 Å². The lowest BCUT2D eigenvalue weighted by Gasteiger charge is -2.31. The van der Waals surface area contributed by atoms with Crippen LogP contribution >= 0.6 is 0 Å². The van der Waals surface area contributed by atoms with Gasteiger partial charge in [-0.3, -0.25) is 4.98 Å². The Bertz CT molecular complexity index is 4020. The van der Waals surface area contributed by atoms with E-state index in [-0.39, 0.29) is 0 Å². The largest absolute Gasteiger partial charge is 0.455 e. The summed E-state index contributed by atoms with van der Waals surface area (Å²) in [7, 11) is 0. The standard InChI is InChI=1S/C68H55N3O/c1-43-19-10-11-22-51(43)55-41-58(64-44(2)30-37-53-52-23-13-15-26-60(52)72-66(53)64)71(42-45(55)3)65-54-24-12-14-25-56(54)67(4,5)61-27-18-28-62(69-61)68(6)57-39-49(48-33-31-47(32-34-48)46-20-8-7-9-21-46)35-36-50(57)40-59(65)70-38-17-16-29-63(68)70/h7-39,41-42H,40H2,1-6H3/q+2/b65-59-. The molecule has 7 aromatic carbocycles. The molecule has 0 spiro atoms. The minimum absolute atomic E-state index is 0.499. The molecule has 6 heterocycles. The lowest BCUT2D eigenvalue weighted by atomic mass is 9.72. The van der Waals surface area contributed by atoms with Gasteiger partial charge in [0.05, 0.1) is 28.9 Å². The van der Waals surface area contributed by atoms with Crippen LogP contribution in [0.4, 0.5) is 0 Å². The van der Waals surface area contributed by atoms with Crippen LogP contribution in [0.1, 0.15) is 76.8 Å². The van der Waals surface area contributed by atoms with Gasteiger partial charge < -0.3 is 4.42 Å². The van der Waals surface area contributed by atoms with Crippen LogP contribution < -0.4 is 9.13 Å². The predicted octanol–water partition coefficient (Wildman–Crippen LogP) is 15.6. The van der Waals surface area contributed by atoms with Crippen LogP contribution in [0.25, 0.3) is 78.0 Å². The van der Waals surface area contributed by atoms with E-state index in [2.05, 4.69) is 263 Å². The van der Waals surface area contributed by atoms with Crippen molar-refractivity contribution in [3.63, 3.8) is 0 Å². The topological polar surface area (TPSA) is 33.8 Å². The first kappa shape index (κ1) is 43.5. The molecule has 0 fully saturated rings. The van der Waals surface area contributed by atoms with Crippen molar-refractivity contribution in [2.45, 2.75) is 58.8 Å². The number of hydrogen-bond acceptors (Lipinski definition) is 2. The smallest absolute Gasteiger partial charge is 0.286 e. The molecule has 4 nitrogen and oxygen atoms in total. The highest BCUT2D eigenvalue weighted by Gasteiger charge is 2.49. The number of para-hydroxylation sites is 1. The molecule has 1 atom stereocenters. The van der Waals surface area contributed by atoms with Crippen LogP contribution in [0.3, 0.4) is 0 Å². The van der Waals surface area contributed by atoms with Crippen LogP contribution in [0.15, 0.2) is 217 Å². The summed E-state index contributed by atoms with van der Waals surface area (Å²) in [6, 6.07) is 73.5. The fourth-order valence-electron chi connectivity index (χ4n) is 12.1. The molecule has 4 heteroatoms. The average molecular weight is 930 g/mol. The molecule has 0 aliphatic carbocycles. The van der Waals surface area contributed by atoms with E-state index < -0.39 is 10.8 Å². The van der Waals surface area contributed by atoms with E-state index in [1.807, 2.05) is 0 Å². The second kappa shape index (κ2) is 16.6. The monoisotopic (exact) mass is 929 g/mol. The molecule has 13 rings (SSSR count). The molecular formula is C68H55N3O+2. The molecule has 0 amide bonds. The molecule has 72 heavy (non-hydrogen) atoms. The third-order valence-corrected chi connectivity index (χ3v) is 16.0. The van der Waals surface area contributed by atoms with Gasteiger partial charge in [-0.05, 0) is 119 Å². The van der Waals surface area contributed by atoms with Gasteiger partial charge in [0.2, 0.25) is 11.4 Å². The summed E-state index contributed by atoms with van der Waals surface area (Å²) in [5, 5.41) is 2.22. The highest BCUT2D eigenvalue weighted by Crippen LogP contribution is 2.47. The van der Waals surface area contributed by atoms with Crippen molar-refractivity contribution >= 4 is 33.3 Å². The summed E-state index contributed by atoms with van der Waals surface area (Å²) in [6.45, 7) is 13.8. The average Bonchev–Trinajstić information content (AvgIpc) is 3.75. The maximum Gasteiger partial charge on any atom is 0.286 e. The number of furan rings is 1. The highest BCUT2D eigenvalue weighted by atomic mass is 16.3. The van der Waals surface area contributed by atoms with Gasteiger partial charge >= 0.3 is 0 Å². The third kappa shape index (κ3) is 6.69. The van der Waals surface area contributed by atoms with Gasteiger partial charge in [0, 0.05) is 39.9 Å². The zero-order chi connectivity index (χ0) is 48.9. The van der Waals surface area contributed by atoms with Crippen LogP contribution in [-0.4, -0.2) is 4.98 Å². The Labute approximate surface area is 421 Å². The fourth-order valence-corrected chi connectivity index (χ4v) is 12.1. The first-order chi connectivity index (χ1) is 35.1. The van der Waals surface area contributed by atoms with Crippen LogP contribution in [0.5, 0.6) is 0 Å². The quantitative estimate of drug-likeness (QED) is 0.161. The molecule has 1 unspecified atom stereocenters. The maximum absolute atomic E-state index is 7.02. The Kier molecular flexibility index (Phi) is 10.0. The lowest BCUT2D eigenvalue weighted by molar-refractivity contribution is -0.612. The van der Waals surface area contributed by atoms with Crippen molar-refractivity contribution in [2.24, 2.45) is 0 Å². The Balaban J connectivity index is 1.17. The minimum Gasteiger partial charge on any atom is -0.455 e. The van der Waals surface area contributed by atoms with E-state index in [0.717, 1.165) is 67.1 Å². The Morgan fingerprint density at radius 2 is 1.17 bits per heavy atom. The van der Waals surface area contributed by atoms with E-state index in [0.29, 0.717) is 6.42 Å². The van der Waals surface area contributed by atoms with E-state index in [9.17, 15) is 0 Å². The van der Waals surface area contributed by atoms with E-state index >= 15 is 0 Å². The predicted molar refractivity (Wildman–Crippen MR) is 294 cm³/mol. The number of fused-ring (bicyclic) bond motifs is 9. The molecule has 2 aliphatic rings. The van der Waals surface area contributed by atoms with Crippen LogP contribution in [-0.2, 0) is 17.3 Å². The molecule has 2 aliphatic heterocycles. The Hall–Kier alpha value is -8.47. The second-order valence-electron chi connectivity index (χ2n) is 20.6. The zero-order valence-electron chi connectivity index (χ0n) is 41.7. The molecule has 0 saturated heterocycles. The Morgan fingerprint density at radius 1 is 0.486 bits per heavy atom. The van der Waals surface area contributed by atoms with E-state index in [1.165, 1.54) is 66.9 Å². The molecule has 0 N–H and O–H groups in total. The summed E-state index contributed by atoms with van der Waals surface area (Å²) in [5.41, 5.74) is 23.8. The zero-order valence-corrected chi connectivity index (χ0v) is 41.7. The number of rotatable bonds is 5. The maximum atomic E-state index is 7.02. The number of hydrogen-bond donors (Lipinski definition) is 0. The number of pyridine rings is 3. The van der Waals surface area contributed by atoms with Gasteiger partial charge in [-0.25, -0.2) is 0 Å². The fraction of sp³-hybridized carbons (Fsp3) is 0.132. The number of benzene rings is 7. The first-order valence-electron chi connectivity index (χ1n) is 25.2. The second-order valence-corrected chi connectivity index (χ2v) is 20.6. The van der Waals surface area contributed by atoms with Crippen molar-refractivity contribution in [1.29, 1.82) is 0 Å². The normalized spacial score (nSPS) is 16.7. The number of nitrogens with zero attached hydrogens (tertiary/aromatic N) is 3. The van der Waals surface area contributed by atoms with Crippen LogP contribution in [0.2, 0.25) is 0 Å². The third-order valence-electron chi connectivity index (χ3n) is 16.0. The molecule has 11 aromatic rings. The van der Waals surface area contributed by atoms with E-state index in [1.54, 1.807) is 0 Å². The van der Waals surface area contributed by atoms with Gasteiger partial charge in [-0.15, -0.1) is 0 Å². The SMILES string of the molecule is Cc1ccccc1-c1cc(-c2c(C)ccc3c2oc2ccccc23)[n+](/C2=C3/Cc4ccc(-c5ccc(-c6ccccc6)cc5)cc4C(C)(c4cccc(n4)C(C)(C)c4ccccc42)c2cccc[n+]23)cc1C. The first-order valence-corrected chi connectivity index (χ1v) is 25.2. The molecular weight excluding hydrogens is 875 g/mol.